The number of nitrogens with one attached hydrogen (secondary N) is 6. The molecule has 642 valence electrons. The summed E-state index contributed by atoms with van der Waals surface area (Å²) in [6.07, 6.45) is 4.46. The Morgan fingerprint density at radius 3 is 0.754 bits per heavy atom. The quantitative estimate of drug-likeness (QED) is 0.0153. The highest BCUT2D eigenvalue weighted by Crippen LogP contribution is 2.48. The summed E-state index contributed by atoms with van der Waals surface area (Å²) in [5.41, 5.74) is 47.9. The van der Waals surface area contributed by atoms with E-state index in [1.54, 1.807) is 77.2 Å². The number of nitrogens with two attached hydrogens (primary N) is 6. The number of halogens is 1. The van der Waals surface area contributed by atoms with Crippen LogP contribution in [0.25, 0.3) is 45.6 Å². The van der Waals surface area contributed by atoms with E-state index in [1.165, 1.54) is 0 Å². The summed E-state index contributed by atoms with van der Waals surface area (Å²) in [6, 6.07) is 96.7. The van der Waals surface area contributed by atoms with Gasteiger partial charge in [0.25, 0.3) is 0 Å². The standard InChI is InChI=1S/C32H28N10S2.C31H25IN10S2.C29H23N11S2/c33-29-37-27(19-21-11-3-1-4-12-21)39-31(41-29)35-23-15-7-9-17-25(23)43-44-26-18-10-8-16-24(26)36-32-40-28(38-30(34)42-32)20-22-13-5-2-6-14-22;1-18-10-12-19(13-11-18)26-37-28(33)41-30(39-26)35-22-6-2-4-8-24(22)43-44-25-9-5-3-7-23(25)36-31-40-27(38-29(34)42-31)20-14-16-21(32)17-15-20;30-26-35-24(18-8-2-1-3-9-18)37-28(39-26)33-20-10-4-6-12-22(20)41-42-23-13-7-5-11-21(23)34-29-38-25(36-27(31)40-29)19-14-16-32-17-15-19/h1-18H,19-20H2,(H3,33,35,37,39,41)(H3,34,36,38,40,42);2-17H,1H3,(H3,33,35,37,39,41)(H3,34,36,38,40,42);1-17H,(H3,30,33,35,37,39)(H3,31,34,36,38,40). The Kier molecular flexibility index (Phi) is 29.6. The van der Waals surface area contributed by atoms with Gasteiger partial charge in [-0.05, 0) is 138 Å². The molecule has 18 rings (SSSR count). The minimum atomic E-state index is 0.119. The number of hydrogen-bond acceptors (Lipinski definition) is 37. The molecule has 0 aliphatic carbocycles. The summed E-state index contributed by atoms with van der Waals surface area (Å²) >= 11 is 2.26. The second kappa shape index (κ2) is 43.5. The average Bonchev–Trinajstić information content (AvgIpc) is 0.825. The number of rotatable bonds is 29. The maximum absolute atomic E-state index is 6.05. The summed E-state index contributed by atoms with van der Waals surface area (Å²) in [7, 11) is 9.53. The number of benzene rings is 11. The number of aryl methyl sites for hydroxylation is 1. The van der Waals surface area contributed by atoms with Crippen LogP contribution in [0.1, 0.15) is 28.3 Å². The van der Waals surface area contributed by atoms with Crippen molar-refractivity contribution in [1.29, 1.82) is 0 Å². The van der Waals surface area contributed by atoms with E-state index in [0.717, 1.165) is 106 Å². The minimum Gasteiger partial charge on any atom is -0.368 e. The maximum atomic E-state index is 6.05. The van der Waals surface area contributed by atoms with Crippen molar-refractivity contribution in [3.63, 3.8) is 0 Å². The Bertz CT molecular complexity index is 6490. The van der Waals surface area contributed by atoms with E-state index < -0.39 is 0 Å². The molecule has 31 nitrogen and oxygen atoms in total. The van der Waals surface area contributed by atoms with E-state index in [-0.39, 0.29) is 35.7 Å². The molecule has 0 spiro atoms. The molecule has 0 radical (unpaired) electrons. The first kappa shape index (κ1) is 88.5. The van der Waals surface area contributed by atoms with E-state index in [9.17, 15) is 0 Å². The van der Waals surface area contributed by atoms with Gasteiger partial charge in [-0.3, -0.25) is 4.98 Å². The van der Waals surface area contributed by atoms with Crippen LogP contribution in [0.4, 0.5) is 106 Å². The van der Waals surface area contributed by atoms with Gasteiger partial charge in [0.2, 0.25) is 71.4 Å². The fourth-order valence-electron chi connectivity index (χ4n) is 12.2. The van der Waals surface area contributed by atoms with Crippen LogP contribution in [-0.4, -0.2) is 94.7 Å². The molecule has 0 atom stereocenters. The van der Waals surface area contributed by atoms with Gasteiger partial charge in [0.05, 0.1) is 34.1 Å². The summed E-state index contributed by atoms with van der Waals surface area (Å²) in [5, 5.41) is 19.9. The highest BCUT2D eigenvalue weighted by atomic mass is 127. The molecule has 18 N–H and O–H groups in total. The molecule has 7 heterocycles. The number of hydrogen-bond donors (Lipinski definition) is 12. The second-order valence-corrected chi connectivity index (χ2v) is 35.6. The summed E-state index contributed by atoms with van der Waals surface area (Å²) in [6.45, 7) is 2.03. The molecule has 7 aromatic heterocycles. The van der Waals surface area contributed by atoms with E-state index in [1.807, 2.05) is 304 Å². The van der Waals surface area contributed by atoms with Crippen LogP contribution in [0.15, 0.2) is 339 Å². The van der Waals surface area contributed by atoms with E-state index in [4.69, 9.17) is 34.4 Å². The van der Waals surface area contributed by atoms with E-state index in [2.05, 4.69) is 149 Å². The third kappa shape index (κ3) is 25.1. The van der Waals surface area contributed by atoms with Gasteiger partial charge < -0.3 is 66.3 Å². The first-order chi connectivity index (χ1) is 63.6. The predicted octanol–water partition coefficient (Wildman–Crippen LogP) is 20.7. The van der Waals surface area contributed by atoms with Gasteiger partial charge in [0.1, 0.15) is 11.6 Å². The molecule has 0 bridgehead atoms. The molecule has 38 heteroatoms. The normalized spacial score (nSPS) is 10.8. The fraction of sp³-hybridized carbons (Fsp3) is 0.0326. The van der Waals surface area contributed by atoms with Crippen LogP contribution in [-0.2, 0) is 12.8 Å². The van der Waals surface area contributed by atoms with Crippen molar-refractivity contribution in [2.75, 3.05) is 66.3 Å². The van der Waals surface area contributed by atoms with Gasteiger partial charge in [-0.2, -0.15) is 89.7 Å². The van der Waals surface area contributed by atoms with E-state index >= 15 is 0 Å². The molecule has 0 saturated heterocycles. The number of pyridine rings is 1. The van der Waals surface area contributed by atoms with Crippen molar-refractivity contribution in [3.05, 3.63) is 342 Å². The molecule has 0 fully saturated rings. The smallest absolute Gasteiger partial charge is 0.232 e. The van der Waals surface area contributed by atoms with Crippen LogP contribution in [0.5, 0.6) is 0 Å². The third-order valence-corrected chi connectivity index (χ3v) is 26.4. The Morgan fingerprint density at radius 1 is 0.231 bits per heavy atom. The zero-order valence-corrected chi connectivity index (χ0v) is 75.7. The summed E-state index contributed by atoms with van der Waals surface area (Å²) < 4.78 is 1.12. The molecule has 0 unspecified atom stereocenters. The predicted molar refractivity (Wildman–Crippen MR) is 534 cm³/mol. The number of para-hydroxylation sites is 6. The molecular weight excluding hydrogens is 1860 g/mol. The van der Waals surface area contributed by atoms with Crippen LogP contribution >= 0.6 is 87.4 Å². The first-order valence-corrected chi connectivity index (χ1v) is 47.2. The monoisotopic (exact) mass is 1930 g/mol. The first-order valence-electron chi connectivity index (χ1n) is 39.7. The molecule has 0 aliphatic heterocycles. The number of anilines is 18. The molecule has 0 amide bonds. The molecule has 11 aromatic carbocycles. The lowest BCUT2D eigenvalue weighted by atomic mass is 10.1. The molecule has 0 saturated carbocycles. The second-order valence-electron chi connectivity index (χ2n) is 27.8. The zero-order valence-electron chi connectivity index (χ0n) is 68.6. The van der Waals surface area contributed by atoms with Crippen molar-refractivity contribution in [1.82, 2.24) is 94.7 Å². The van der Waals surface area contributed by atoms with Crippen LogP contribution in [0.2, 0.25) is 0 Å². The van der Waals surface area contributed by atoms with Gasteiger partial charge >= 0.3 is 0 Å². The van der Waals surface area contributed by atoms with Crippen molar-refractivity contribution in [2.24, 2.45) is 0 Å². The fourth-order valence-corrected chi connectivity index (χ4v) is 19.4. The molecule has 18 aromatic rings. The van der Waals surface area contributed by atoms with Gasteiger partial charge in [0.15, 0.2) is 23.3 Å². The van der Waals surface area contributed by atoms with Crippen molar-refractivity contribution >= 4 is 193 Å². The lowest BCUT2D eigenvalue weighted by Gasteiger charge is -2.13. The van der Waals surface area contributed by atoms with Crippen molar-refractivity contribution in [3.8, 4) is 45.6 Å². The Balaban J connectivity index is 0.000000143. The third-order valence-electron chi connectivity index (χ3n) is 18.3. The van der Waals surface area contributed by atoms with Crippen molar-refractivity contribution in [2.45, 2.75) is 49.1 Å². The number of nitrogens with zero attached hydrogens (tertiary/aromatic N) is 19. The largest absolute Gasteiger partial charge is 0.368 e. The topological polar surface area (TPSA) is 473 Å². The highest BCUT2D eigenvalue weighted by Gasteiger charge is 2.20. The van der Waals surface area contributed by atoms with Crippen LogP contribution in [0.3, 0.4) is 0 Å². The van der Waals surface area contributed by atoms with E-state index in [0.29, 0.717) is 83.5 Å². The number of aromatic nitrogens is 19. The Hall–Kier alpha value is -14.9. The molecule has 130 heavy (non-hydrogen) atoms. The van der Waals surface area contributed by atoms with Gasteiger partial charge in [-0.1, -0.05) is 271 Å². The van der Waals surface area contributed by atoms with Crippen molar-refractivity contribution < 1.29 is 0 Å². The minimum absolute atomic E-state index is 0.119. The lowest BCUT2D eigenvalue weighted by molar-refractivity contribution is 0.934. The maximum Gasteiger partial charge on any atom is 0.232 e. The Labute approximate surface area is 783 Å². The van der Waals surface area contributed by atoms with Gasteiger partial charge in [-0.15, -0.1) is 0 Å². The number of nitrogen functional groups attached to an aromatic ring is 6. The van der Waals surface area contributed by atoms with Gasteiger partial charge in [0, 0.05) is 80.4 Å². The molecular formula is C92H76IN31S6. The molecule has 0 aliphatic rings. The highest BCUT2D eigenvalue weighted by molar-refractivity contribution is 14.1. The SMILES string of the molecule is Cc1ccc(-c2nc(N)nc(Nc3ccccc3SSc3ccccc3Nc3nc(N)nc(-c4ccc(I)cc4)n3)n2)cc1.Nc1nc(Cc2ccccc2)nc(Nc2ccccc2SSc2ccccc2Nc2nc(N)nc(Cc3ccccc3)n2)n1.Nc1nc(Nc2ccccc2SSc2ccccc2Nc2nc(N)nc(-c3ccncc3)n2)nc(-c2ccccc2)n1. The summed E-state index contributed by atoms with van der Waals surface area (Å²) in [5.74, 6) is 6.23. The van der Waals surface area contributed by atoms with Crippen LogP contribution < -0.4 is 66.3 Å². The Morgan fingerprint density at radius 2 is 0.462 bits per heavy atom. The summed E-state index contributed by atoms with van der Waals surface area (Å²) in [4.78, 5) is 89.3. The van der Waals surface area contributed by atoms with Crippen LogP contribution in [0, 0.1) is 10.5 Å². The zero-order chi connectivity index (χ0) is 89.3. The average molecular weight is 1940 g/mol. The van der Waals surface area contributed by atoms with Gasteiger partial charge in [-0.25, -0.2) is 0 Å². The lowest BCUT2D eigenvalue weighted by Crippen LogP contribution is -2.08.